The molecule has 11 nitrogen and oxygen atoms in total. The van der Waals surface area contributed by atoms with Gasteiger partial charge >= 0.3 is 0 Å². The Bertz CT molecular complexity index is 884. The maximum Gasteiger partial charge on any atom is 0.225 e. The van der Waals surface area contributed by atoms with Crippen molar-refractivity contribution in [3.63, 3.8) is 0 Å². The molecule has 33 heavy (non-hydrogen) atoms. The number of hydrogen-bond acceptors (Lipinski definition) is 8. The van der Waals surface area contributed by atoms with E-state index in [0.29, 0.717) is 26.1 Å². The van der Waals surface area contributed by atoms with E-state index in [1.54, 1.807) is 31.8 Å². The van der Waals surface area contributed by atoms with Crippen molar-refractivity contribution in [3.8, 4) is 0 Å². The van der Waals surface area contributed by atoms with Gasteiger partial charge in [-0.1, -0.05) is 0 Å². The number of hydrogen-bond donors (Lipinski definition) is 1. The Morgan fingerprint density at radius 2 is 1.27 bits per heavy atom. The maximum absolute atomic E-state index is 12.6. The predicted octanol–water partition coefficient (Wildman–Crippen LogP) is 0.321. The normalized spacial score (nSPS) is 16.9. The zero-order valence-electron chi connectivity index (χ0n) is 18.9. The Morgan fingerprint density at radius 3 is 1.73 bits per heavy atom. The number of nitrogens with zero attached hydrogens (tertiary/aromatic N) is 9. The van der Waals surface area contributed by atoms with E-state index >= 15 is 0 Å². The number of piperazine rings is 2. The van der Waals surface area contributed by atoms with Crippen LogP contribution in [0, 0.1) is 0 Å². The highest BCUT2D eigenvalue weighted by molar-refractivity contribution is 14.0. The number of carbonyl (C=O) groups excluding carboxylic acids is 1. The van der Waals surface area contributed by atoms with E-state index in [4.69, 9.17) is 0 Å². The largest absolute Gasteiger partial charge is 0.356 e. The molecule has 0 unspecified atom stereocenters. The summed E-state index contributed by atoms with van der Waals surface area (Å²) < 4.78 is 0. The van der Waals surface area contributed by atoms with Gasteiger partial charge in [-0.3, -0.25) is 9.79 Å². The van der Waals surface area contributed by atoms with Crippen LogP contribution in [0.25, 0.3) is 0 Å². The van der Waals surface area contributed by atoms with Gasteiger partial charge in [0.1, 0.15) is 0 Å². The van der Waals surface area contributed by atoms with Crippen LogP contribution in [0.3, 0.4) is 0 Å². The van der Waals surface area contributed by atoms with Crippen molar-refractivity contribution in [2.24, 2.45) is 4.99 Å². The van der Waals surface area contributed by atoms with Gasteiger partial charge in [0.2, 0.25) is 17.8 Å². The summed E-state index contributed by atoms with van der Waals surface area (Å²) in [6.45, 7) is 6.77. The van der Waals surface area contributed by atoms with E-state index in [1.165, 1.54) is 0 Å². The summed E-state index contributed by atoms with van der Waals surface area (Å²) in [5.74, 6) is 2.48. The first-order valence-electron chi connectivity index (χ1n) is 11.0. The highest BCUT2D eigenvalue weighted by Crippen LogP contribution is 2.11. The summed E-state index contributed by atoms with van der Waals surface area (Å²) in [7, 11) is 1.78. The predicted molar refractivity (Wildman–Crippen MR) is 138 cm³/mol. The Kier molecular flexibility index (Phi) is 9.39. The maximum atomic E-state index is 12.6. The van der Waals surface area contributed by atoms with Crippen LogP contribution in [-0.4, -0.2) is 108 Å². The molecule has 1 N–H and O–H groups in total. The fraction of sp³-hybridized carbons (Fsp3) is 0.524. The quantitative estimate of drug-likeness (QED) is 0.311. The summed E-state index contributed by atoms with van der Waals surface area (Å²) in [4.78, 5) is 42.7. The summed E-state index contributed by atoms with van der Waals surface area (Å²) in [6.07, 6.45) is 7.46. The standard InChI is InChI=1S/C21H30N10O.HI/c1-22-19(29-14-16-31(17-15-29)21-25-7-3-8-26-21)27-9-4-18(32)28-10-12-30(13-11-28)20-23-5-2-6-24-20;/h2-3,5-8H,4,9-17H2,1H3,(H,22,27);1H. The fourth-order valence-corrected chi connectivity index (χ4v) is 3.95. The second-order valence-electron chi connectivity index (χ2n) is 7.66. The molecule has 2 aromatic heterocycles. The molecule has 12 heteroatoms. The second-order valence-corrected chi connectivity index (χ2v) is 7.66. The van der Waals surface area contributed by atoms with E-state index in [9.17, 15) is 4.79 Å². The third-order valence-electron chi connectivity index (χ3n) is 5.72. The highest BCUT2D eigenvalue weighted by atomic mass is 127. The number of aliphatic imine (C=N–C) groups is 1. The minimum atomic E-state index is 0. The van der Waals surface area contributed by atoms with Crippen LogP contribution in [0.4, 0.5) is 11.9 Å². The van der Waals surface area contributed by atoms with Gasteiger partial charge in [0.25, 0.3) is 0 Å². The lowest BCUT2D eigenvalue weighted by Crippen LogP contribution is -2.53. The molecular weight excluding hydrogens is 535 g/mol. The molecule has 0 atom stereocenters. The lowest BCUT2D eigenvalue weighted by Gasteiger charge is -2.36. The van der Waals surface area contributed by atoms with Crippen LogP contribution in [0.15, 0.2) is 41.9 Å². The Morgan fingerprint density at radius 1 is 0.818 bits per heavy atom. The van der Waals surface area contributed by atoms with Crippen molar-refractivity contribution >= 4 is 47.7 Å². The van der Waals surface area contributed by atoms with E-state index in [0.717, 1.165) is 57.1 Å². The number of guanidine groups is 1. The number of carbonyl (C=O) groups is 1. The molecule has 2 saturated heterocycles. The van der Waals surface area contributed by atoms with Gasteiger partial charge in [0, 0.05) is 97.2 Å². The molecule has 0 aliphatic carbocycles. The molecule has 2 aromatic rings. The highest BCUT2D eigenvalue weighted by Gasteiger charge is 2.23. The average molecular weight is 566 g/mol. The smallest absolute Gasteiger partial charge is 0.225 e. The van der Waals surface area contributed by atoms with Crippen molar-refractivity contribution in [2.45, 2.75) is 6.42 Å². The van der Waals surface area contributed by atoms with Crippen molar-refractivity contribution in [3.05, 3.63) is 36.9 Å². The lowest BCUT2D eigenvalue weighted by molar-refractivity contribution is -0.131. The fourth-order valence-electron chi connectivity index (χ4n) is 3.95. The van der Waals surface area contributed by atoms with E-state index in [2.05, 4.69) is 44.9 Å². The molecule has 0 bridgehead atoms. The molecule has 0 saturated carbocycles. The molecule has 1 amide bonds. The molecule has 2 aliphatic heterocycles. The minimum absolute atomic E-state index is 0. The zero-order valence-corrected chi connectivity index (χ0v) is 21.2. The molecule has 2 fully saturated rings. The van der Waals surface area contributed by atoms with Crippen molar-refractivity contribution < 1.29 is 4.79 Å². The van der Waals surface area contributed by atoms with Gasteiger partial charge in [0.05, 0.1) is 0 Å². The molecule has 2 aliphatic rings. The number of aromatic nitrogens is 4. The Labute approximate surface area is 211 Å². The number of rotatable bonds is 5. The molecule has 4 heterocycles. The number of halogens is 1. The molecule has 4 rings (SSSR count). The molecule has 0 aromatic carbocycles. The van der Waals surface area contributed by atoms with E-state index in [-0.39, 0.29) is 29.9 Å². The SMILES string of the molecule is CN=C(NCCC(=O)N1CCN(c2ncccn2)CC1)N1CCN(c2ncccn2)CC1.I. The van der Waals surface area contributed by atoms with Gasteiger partial charge < -0.3 is 24.9 Å². The lowest BCUT2D eigenvalue weighted by atomic mass is 10.3. The number of anilines is 2. The monoisotopic (exact) mass is 566 g/mol. The van der Waals surface area contributed by atoms with Crippen LogP contribution in [0.2, 0.25) is 0 Å². The summed E-state index contributed by atoms with van der Waals surface area (Å²) in [5.41, 5.74) is 0. The first kappa shape index (κ1) is 24.9. The summed E-state index contributed by atoms with van der Waals surface area (Å²) in [6, 6.07) is 3.63. The van der Waals surface area contributed by atoms with Crippen LogP contribution in [0.5, 0.6) is 0 Å². The molecular formula is C21H31IN10O. The van der Waals surface area contributed by atoms with Crippen molar-refractivity contribution in [1.82, 2.24) is 35.1 Å². The Balaban J connectivity index is 0.00000306. The summed E-state index contributed by atoms with van der Waals surface area (Å²) in [5, 5.41) is 3.35. The minimum Gasteiger partial charge on any atom is -0.356 e. The van der Waals surface area contributed by atoms with Crippen LogP contribution >= 0.6 is 24.0 Å². The average Bonchev–Trinajstić information content (AvgIpc) is 2.88. The molecule has 0 radical (unpaired) electrons. The number of nitrogens with one attached hydrogen (secondary N) is 1. The van der Waals surface area contributed by atoms with Gasteiger partial charge in [-0.25, -0.2) is 19.9 Å². The van der Waals surface area contributed by atoms with Crippen LogP contribution < -0.4 is 15.1 Å². The van der Waals surface area contributed by atoms with Crippen LogP contribution in [-0.2, 0) is 4.79 Å². The molecule has 178 valence electrons. The molecule has 0 spiro atoms. The number of amides is 1. The van der Waals surface area contributed by atoms with Gasteiger partial charge in [-0.05, 0) is 12.1 Å². The van der Waals surface area contributed by atoms with Crippen molar-refractivity contribution in [1.29, 1.82) is 0 Å². The van der Waals surface area contributed by atoms with Gasteiger partial charge in [0.15, 0.2) is 5.96 Å². The Hall–Kier alpha value is -2.77. The van der Waals surface area contributed by atoms with E-state index < -0.39 is 0 Å². The third-order valence-corrected chi connectivity index (χ3v) is 5.72. The third kappa shape index (κ3) is 6.62. The first-order chi connectivity index (χ1) is 15.7. The van der Waals surface area contributed by atoms with Gasteiger partial charge in [-0.15, -0.1) is 24.0 Å². The van der Waals surface area contributed by atoms with Gasteiger partial charge in [-0.2, -0.15) is 0 Å². The zero-order chi connectivity index (χ0) is 22.2. The topological polar surface area (TPSA) is 106 Å². The first-order valence-corrected chi connectivity index (χ1v) is 11.0. The van der Waals surface area contributed by atoms with E-state index in [1.807, 2.05) is 17.0 Å². The van der Waals surface area contributed by atoms with Crippen molar-refractivity contribution in [2.75, 3.05) is 75.8 Å². The van der Waals surface area contributed by atoms with Crippen LogP contribution in [0.1, 0.15) is 6.42 Å². The second kappa shape index (κ2) is 12.5. The summed E-state index contributed by atoms with van der Waals surface area (Å²) >= 11 is 0.